The topological polar surface area (TPSA) is 530 Å². The molecule has 688 valence electrons. The lowest BCUT2D eigenvalue weighted by atomic mass is 9.97. The van der Waals surface area contributed by atoms with E-state index in [4.69, 9.17) is 94.6 Å². The van der Waals surface area contributed by atoms with Crippen LogP contribution >= 0.6 is 0 Å². The van der Waals surface area contributed by atoms with Crippen LogP contribution in [0, 0.1) is 0 Å². The molecule has 0 saturated carbocycles. The van der Waals surface area contributed by atoms with Crippen molar-refractivity contribution < 1.29 is 78.3 Å². The molecule has 0 aromatic heterocycles. The molecule has 0 bridgehead atoms. The summed E-state index contributed by atoms with van der Waals surface area (Å²) in [5.41, 5.74) is 55.6. The summed E-state index contributed by atoms with van der Waals surface area (Å²) in [5, 5.41) is 62.6. The van der Waals surface area contributed by atoms with Gasteiger partial charge >= 0.3 is 23.9 Å². The number of hydrogen-bond acceptors (Lipinski definition) is 24. The number of oxime groups is 8. The van der Waals surface area contributed by atoms with Crippen molar-refractivity contribution in [3.63, 3.8) is 0 Å². The van der Waals surface area contributed by atoms with E-state index in [1.165, 1.54) is 103 Å². The summed E-state index contributed by atoms with van der Waals surface area (Å²) in [4.78, 5) is 69.2. The van der Waals surface area contributed by atoms with Crippen molar-refractivity contribution in [3.8, 4) is 0 Å². The summed E-state index contributed by atoms with van der Waals surface area (Å²) >= 11 is 0. The van der Waals surface area contributed by atoms with Gasteiger partial charge in [0.05, 0.1) is 48.7 Å². The highest BCUT2D eigenvalue weighted by Gasteiger charge is 2.21. The summed E-state index contributed by atoms with van der Waals surface area (Å²) in [6.45, 7) is 12.1. The molecule has 32 nitrogen and oxygen atoms in total. The van der Waals surface area contributed by atoms with Gasteiger partial charge in [0.25, 0.3) is 0 Å². The highest BCUT2D eigenvalue weighted by atomic mass is 16.7. The maximum Gasteiger partial charge on any atom is 0.365 e. The maximum absolute atomic E-state index is 12.6. The summed E-state index contributed by atoms with van der Waals surface area (Å²) in [7, 11) is 0. The van der Waals surface area contributed by atoms with Gasteiger partial charge in [-0.15, -0.1) is 0 Å². The molecular weight excluding hydrogens is 1630 g/mol. The molecule has 0 aliphatic carbocycles. The van der Waals surface area contributed by atoms with Gasteiger partial charge in [0.1, 0.15) is 0 Å². The molecule has 0 heterocycles. The van der Waals surface area contributed by atoms with Gasteiger partial charge in [0.2, 0.25) is 0 Å². The zero-order valence-corrected chi connectivity index (χ0v) is 74.0. The van der Waals surface area contributed by atoms with Crippen LogP contribution in [-0.2, 0) is 64.7 Å². The minimum atomic E-state index is -0.634. The van der Waals surface area contributed by atoms with E-state index < -0.39 is 23.9 Å². The normalized spacial score (nSPS) is 12.0. The third-order valence-corrected chi connectivity index (χ3v) is 19.7. The number of rotatable bonds is 52. The van der Waals surface area contributed by atoms with Crippen molar-refractivity contribution in [2.24, 2.45) is 87.1 Å². The fourth-order valence-electron chi connectivity index (χ4n) is 12.4. The van der Waals surface area contributed by atoms with Gasteiger partial charge in [-0.1, -0.05) is 319 Å². The Bertz CT molecular complexity index is 4530. The van der Waals surface area contributed by atoms with Crippen molar-refractivity contribution in [2.45, 2.75) is 208 Å². The standard InChI is InChI=1S/C40H54N4O6.C26H46N4O4.C22H18N4O4.C8H10N4O2/c1-3-5-7-9-11-19-25-47-29-33-27-36(38(42)44-50-40(46)32-23-17-14-18-24-32)34(30-48-26-20-12-10-8-6-4-2)28-35(33)37(41)43-49-39(45)31-21-15-13-16-22-31;1-3-5-7-9-11-13-15-33-19-21-17-24(26(28)30-32)22(18-23(21)25(27)29-31)20-34-16-14-12-10-8-6-4-2;23-19(25-29-21(27)17-7-3-1-4-8-17)15-11-13-16(14-12-15)20(24)26-30-22(28)18-9-5-2-6-10-18;9-7(11-13)5-1-2-6(4-3-5)8(10)12-14/h13-18,21-24,27-28H,3-12,19-20,25-26,29-30H2,1-2H3,(H2,41,43)(H2,42,44);17-18,31-32H,3-16,19-20H2,1-2H3,(H2,27,29)(H2,28,30);1-14H,(H2,23,25)(H2,24,26);1-4,13-14H,(H2,9,11)(H2,10,12). The number of unbranched alkanes of at least 4 members (excludes halogenated alkanes) is 20. The number of ether oxygens (including phenoxy) is 4. The molecular formula is C96H128N16O16. The van der Waals surface area contributed by atoms with Crippen molar-refractivity contribution in [1.29, 1.82) is 0 Å². The lowest BCUT2D eigenvalue weighted by Crippen LogP contribution is -2.22. The predicted molar refractivity (Wildman–Crippen MR) is 498 cm³/mol. The molecule has 0 aliphatic rings. The first-order chi connectivity index (χ1) is 62.2. The highest BCUT2D eigenvalue weighted by Crippen LogP contribution is 2.25. The Morgan fingerprint density at radius 1 is 0.234 bits per heavy atom. The Balaban J connectivity index is 0.000000325. The molecule has 8 rings (SSSR count). The molecule has 128 heavy (non-hydrogen) atoms. The minimum absolute atomic E-state index is 0.0102. The van der Waals surface area contributed by atoms with Crippen LogP contribution in [0.1, 0.15) is 290 Å². The van der Waals surface area contributed by atoms with Gasteiger partial charge < -0.3 is 105 Å². The molecule has 0 spiro atoms. The van der Waals surface area contributed by atoms with Crippen LogP contribution in [0.25, 0.3) is 0 Å². The number of carbonyl (C=O) groups is 4. The third-order valence-electron chi connectivity index (χ3n) is 19.7. The Hall–Kier alpha value is -13.6. The number of benzene rings is 8. The molecule has 0 amide bonds. The van der Waals surface area contributed by atoms with Crippen LogP contribution in [0.3, 0.4) is 0 Å². The van der Waals surface area contributed by atoms with Gasteiger partial charge in [0.15, 0.2) is 46.7 Å². The monoisotopic (exact) mass is 1760 g/mol. The van der Waals surface area contributed by atoms with Crippen molar-refractivity contribution >= 4 is 70.6 Å². The van der Waals surface area contributed by atoms with Gasteiger partial charge in [-0.3, -0.25) is 0 Å². The average molecular weight is 1760 g/mol. The van der Waals surface area contributed by atoms with E-state index in [1.807, 2.05) is 0 Å². The molecule has 0 unspecified atom stereocenters. The van der Waals surface area contributed by atoms with Crippen LogP contribution in [-0.4, -0.2) is 118 Å². The smallest absolute Gasteiger partial charge is 0.365 e. The summed E-state index contributed by atoms with van der Waals surface area (Å²) in [6, 6.07) is 53.9. The average Bonchev–Trinajstić information content (AvgIpc) is 0.815. The van der Waals surface area contributed by atoms with Crippen molar-refractivity contribution in [1.82, 2.24) is 0 Å². The molecule has 8 aromatic rings. The number of carbonyl (C=O) groups excluding carboxylic acids is 4. The number of amidine groups is 8. The molecule has 0 radical (unpaired) electrons. The van der Waals surface area contributed by atoms with Crippen molar-refractivity contribution in [3.05, 3.63) is 283 Å². The fourth-order valence-corrected chi connectivity index (χ4v) is 12.4. The second kappa shape index (κ2) is 63.4. The quantitative estimate of drug-likeness (QED) is 0.00421. The van der Waals surface area contributed by atoms with Crippen LogP contribution in [0.15, 0.2) is 235 Å². The number of nitrogens with zero attached hydrogens (tertiary/aromatic N) is 8. The second-order valence-corrected chi connectivity index (χ2v) is 29.6. The summed E-state index contributed by atoms with van der Waals surface area (Å²) < 4.78 is 23.9. The molecule has 0 fully saturated rings. The third kappa shape index (κ3) is 40.2. The lowest BCUT2D eigenvalue weighted by Gasteiger charge is -2.17. The SMILES string of the molecule is CCCCCCCCOCc1cc(C(N)=NO)c(COCCCCCCCC)cc1C(N)=NO.CCCCCCCCOCc1cc(C(N)=NOC(=O)c2ccccc2)c(COCCCCCCCC)cc1C(N)=NOC(=O)c1ccccc1.NC(=NO)c1ccc(C(N)=NO)cc1.NC(=NOC(=O)c1ccccc1)c1ccc(C(N)=NOC(=O)c2ccccc2)cc1. The molecule has 32 heteroatoms. The number of hydrogen-bond donors (Lipinski definition) is 12. The minimum Gasteiger partial charge on any atom is -0.409 e. The molecule has 0 aliphatic heterocycles. The van der Waals surface area contributed by atoms with E-state index >= 15 is 0 Å². The second-order valence-electron chi connectivity index (χ2n) is 29.6. The Kier molecular flexibility index (Phi) is 52.0. The van der Waals surface area contributed by atoms with Gasteiger partial charge in [-0.2, -0.15) is 0 Å². The Morgan fingerprint density at radius 2 is 0.422 bits per heavy atom. The van der Waals surface area contributed by atoms with Crippen molar-refractivity contribution in [2.75, 3.05) is 26.4 Å². The first-order valence-electron chi connectivity index (χ1n) is 43.4. The summed E-state index contributed by atoms with van der Waals surface area (Å²) in [6.07, 6.45) is 27.9. The first-order valence-corrected chi connectivity index (χ1v) is 43.4. The van der Waals surface area contributed by atoms with Gasteiger partial charge in [-0.05, 0) is 121 Å². The highest BCUT2D eigenvalue weighted by molar-refractivity contribution is 6.06. The zero-order chi connectivity index (χ0) is 92.7. The van der Waals surface area contributed by atoms with E-state index in [1.54, 1.807) is 194 Å². The van der Waals surface area contributed by atoms with Crippen LogP contribution in [0.5, 0.6) is 0 Å². The van der Waals surface area contributed by atoms with E-state index in [2.05, 4.69) is 68.9 Å². The molecule has 8 aromatic carbocycles. The molecule has 20 N–H and O–H groups in total. The number of nitrogens with two attached hydrogens (primary N) is 8. The maximum atomic E-state index is 12.6. The van der Waals surface area contributed by atoms with Gasteiger partial charge in [-0.25, -0.2) is 19.2 Å². The summed E-state index contributed by atoms with van der Waals surface area (Å²) in [5.74, 6) is -2.51. The fraction of sp³-hybridized carbons (Fsp3) is 0.375. The van der Waals surface area contributed by atoms with E-state index in [-0.39, 0.29) is 73.1 Å². The van der Waals surface area contributed by atoms with Crippen LogP contribution < -0.4 is 45.9 Å². The Labute approximate surface area is 750 Å². The largest absolute Gasteiger partial charge is 0.409 e. The first kappa shape index (κ1) is 105. The predicted octanol–water partition coefficient (Wildman–Crippen LogP) is 16.5. The van der Waals surface area contributed by atoms with E-state index in [0.717, 1.165) is 51.4 Å². The Morgan fingerprint density at radius 3 is 0.633 bits per heavy atom. The van der Waals surface area contributed by atoms with E-state index in [9.17, 15) is 29.6 Å². The van der Waals surface area contributed by atoms with Crippen LogP contribution in [0.2, 0.25) is 0 Å². The molecule has 0 saturated heterocycles. The zero-order valence-electron chi connectivity index (χ0n) is 74.0. The van der Waals surface area contributed by atoms with Crippen LogP contribution in [0.4, 0.5) is 0 Å². The van der Waals surface area contributed by atoms with Gasteiger partial charge in [0, 0.05) is 70.9 Å². The molecule has 0 atom stereocenters. The lowest BCUT2D eigenvalue weighted by molar-refractivity contribution is 0.0507. The van der Waals surface area contributed by atoms with E-state index in [0.29, 0.717) is 115 Å².